The highest BCUT2D eigenvalue weighted by Gasteiger charge is 2.56. The molecule has 1 N–H and O–H groups in total. The molecule has 59 heavy (non-hydrogen) atoms. The molecule has 2 aliphatic carbocycles. The molecule has 3 aliphatic rings. The summed E-state index contributed by atoms with van der Waals surface area (Å²) in [7, 11) is 1.56. The predicted octanol–water partition coefficient (Wildman–Crippen LogP) is 6.15. The Morgan fingerprint density at radius 1 is 0.881 bits per heavy atom. The number of carbonyl (C=O) groups is 5. The third-order valence-electron chi connectivity index (χ3n) is 10.8. The first-order chi connectivity index (χ1) is 28.2. The van der Waals surface area contributed by atoms with E-state index >= 15 is 0 Å². The van der Waals surface area contributed by atoms with Crippen LogP contribution in [0, 0.1) is 0 Å². The van der Waals surface area contributed by atoms with E-state index in [4.69, 9.17) is 40.0 Å². The highest BCUT2D eigenvalue weighted by molar-refractivity contribution is 6.31. The van der Waals surface area contributed by atoms with Crippen molar-refractivity contribution in [2.24, 2.45) is 0 Å². The standard InChI is InChI=1S/C44H52ClN3O11/c1-25(10-9-21-48(6)42(53)40-38(54-26(2)49)39(55-27(3)50)41(56-28(4)51)43(59-40)57-29(5)52)30-13-16-36(45)31(22-30)23-47-44(18-19-44)35-24-46-20-17-33(35)34-11-7-8-12-37(34)58-32-14-15-32/h7-8,11-13,16-17,20,22,24-25,32,38-41,43,47H,9-10,14-15,18-19,21,23H2,1-6H3/t25?,38-,39-,40-,41+,43?/m0/s1. The summed E-state index contributed by atoms with van der Waals surface area (Å²) in [5, 5.41) is 4.48. The first-order valence-electron chi connectivity index (χ1n) is 20.0. The average Bonchev–Trinajstić information content (AvgIpc) is 4.13. The number of benzene rings is 2. The molecule has 2 heterocycles. The second-order valence-corrected chi connectivity index (χ2v) is 16.0. The molecule has 2 saturated carbocycles. The number of para-hydroxylation sites is 1. The third kappa shape index (κ3) is 11.0. The Morgan fingerprint density at radius 2 is 1.54 bits per heavy atom. The van der Waals surface area contributed by atoms with Crippen LogP contribution >= 0.6 is 11.6 Å². The van der Waals surface area contributed by atoms with Crippen molar-refractivity contribution in [2.75, 3.05) is 13.6 Å². The third-order valence-corrected chi connectivity index (χ3v) is 11.1. The smallest absolute Gasteiger partial charge is 0.305 e. The number of ether oxygens (including phenoxy) is 6. The number of rotatable bonds is 17. The van der Waals surface area contributed by atoms with E-state index in [0.717, 1.165) is 86.9 Å². The lowest BCUT2D eigenvalue weighted by molar-refractivity contribution is -0.292. The zero-order valence-corrected chi connectivity index (χ0v) is 35.0. The van der Waals surface area contributed by atoms with E-state index in [1.165, 1.54) is 4.90 Å². The SMILES string of the molecule is CC(=O)OC1O[C@H](C(=O)N(C)CCCC(C)c2ccc(Cl)c(CNC3(c4cnccc4-c4ccccc4OC4CC4)CC3)c2)[C@@H](OC(C)=O)[C@H](OC(C)=O)[C@H]1OC(C)=O. The number of hydrogen-bond donors (Lipinski definition) is 1. The molecule has 2 aromatic carbocycles. The molecule has 1 saturated heterocycles. The second kappa shape index (κ2) is 18.9. The lowest BCUT2D eigenvalue weighted by atomic mass is 9.93. The minimum Gasteiger partial charge on any atom is -0.490 e. The molecule has 6 atom stereocenters. The van der Waals surface area contributed by atoms with Crippen LogP contribution in [-0.4, -0.2) is 90.1 Å². The number of amides is 1. The first kappa shape index (κ1) is 43.5. The molecular weight excluding hydrogens is 782 g/mol. The van der Waals surface area contributed by atoms with Crippen LogP contribution in [0.25, 0.3) is 11.1 Å². The van der Waals surface area contributed by atoms with Crippen LogP contribution < -0.4 is 10.1 Å². The lowest BCUT2D eigenvalue weighted by Gasteiger charge is -2.43. The van der Waals surface area contributed by atoms with Crippen molar-refractivity contribution in [1.82, 2.24) is 15.2 Å². The van der Waals surface area contributed by atoms with Gasteiger partial charge in [-0.3, -0.25) is 29.0 Å². The van der Waals surface area contributed by atoms with Gasteiger partial charge in [0, 0.05) is 76.4 Å². The van der Waals surface area contributed by atoms with Crippen molar-refractivity contribution in [1.29, 1.82) is 0 Å². The summed E-state index contributed by atoms with van der Waals surface area (Å²) in [6.45, 7) is 7.36. The Labute approximate surface area is 349 Å². The van der Waals surface area contributed by atoms with Gasteiger partial charge in [0.05, 0.1) is 6.10 Å². The number of hydrogen-bond acceptors (Lipinski definition) is 13. The number of pyridine rings is 1. The molecule has 14 nitrogen and oxygen atoms in total. The van der Waals surface area contributed by atoms with E-state index in [0.29, 0.717) is 24.4 Å². The molecule has 1 aromatic heterocycles. The van der Waals surface area contributed by atoms with Crippen LogP contribution in [0.2, 0.25) is 5.02 Å². The van der Waals surface area contributed by atoms with E-state index in [-0.39, 0.29) is 24.1 Å². The number of esters is 4. The van der Waals surface area contributed by atoms with Crippen LogP contribution in [0.5, 0.6) is 5.75 Å². The highest BCUT2D eigenvalue weighted by Crippen LogP contribution is 2.50. The number of carbonyl (C=O) groups excluding carboxylic acids is 5. The summed E-state index contributed by atoms with van der Waals surface area (Å²) < 4.78 is 33.6. The summed E-state index contributed by atoms with van der Waals surface area (Å²) in [4.78, 5) is 68.2. The van der Waals surface area contributed by atoms with Crippen LogP contribution in [-0.2, 0) is 59.7 Å². The molecule has 3 aromatic rings. The van der Waals surface area contributed by atoms with Crippen molar-refractivity contribution in [3.8, 4) is 16.9 Å². The van der Waals surface area contributed by atoms with Gasteiger partial charge in [0.15, 0.2) is 18.3 Å². The second-order valence-electron chi connectivity index (χ2n) is 15.6. The summed E-state index contributed by atoms with van der Waals surface area (Å²) in [6, 6.07) is 16.3. The Balaban J connectivity index is 1.10. The molecule has 15 heteroatoms. The van der Waals surface area contributed by atoms with Crippen LogP contribution in [0.3, 0.4) is 0 Å². The molecule has 2 unspecified atom stereocenters. The maximum atomic E-state index is 13.9. The first-order valence-corrected chi connectivity index (χ1v) is 20.4. The van der Waals surface area contributed by atoms with Gasteiger partial charge < -0.3 is 38.6 Å². The number of likely N-dealkylation sites (N-methyl/N-ethyl adjacent to an activating group) is 1. The van der Waals surface area contributed by atoms with Gasteiger partial charge in [0.1, 0.15) is 5.75 Å². The monoisotopic (exact) mass is 833 g/mol. The van der Waals surface area contributed by atoms with Crippen LogP contribution in [0.4, 0.5) is 0 Å². The van der Waals surface area contributed by atoms with Crippen LogP contribution in [0.15, 0.2) is 60.9 Å². The normalized spacial score (nSPS) is 22.3. The zero-order valence-electron chi connectivity index (χ0n) is 34.2. The number of nitrogens with one attached hydrogen (secondary N) is 1. The Kier molecular flexibility index (Phi) is 13.9. The molecule has 1 amide bonds. The fraction of sp³-hybridized carbons (Fsp3) is 0.500. The average molecular weight is 834 g/mol. The Bertz CT molecular complexity index is 2040. The molecule has 3 fully saturated rings. The van der Waals surface area contributed by atoms with Gasteiger partial charge in [-0.05, 0) is 84.9 Å². The minimum atomic E-state index is -1.63. The van der Waals surface area contributed by atoms with Gasteiger partial charge in [-0.25, -0.2) is 0 Å². The van der Waals surface area contributed by atoms with Gasteiger partial charge in [-0.1, -0.05) is 48.9 Å². The molecule has 0 radical (unpaired) electrons. The zero-order chi connectivity index (χ0) is 42.4. The van der Waals surface area contributed by atoms with E-state index in [2.05, 4.69) is 35.4 Å². The predicted molar refractivity (Wildman–Crippen MR) is 215 cm³/mol. The maximum Gasteiger partial charge on any atom is 0.305 e. The lowest BCUT2D eigenvalue weighted by Crippen LogP contribution is -2.65. The Morgan fingerprint density at radius 3 is 2.20 bits per heavy atom. The largest absolute Gasteiger partial charge is 0.490 e. The number of aromatic nitrogens is 1. The summed E-state index contributed by atoms with van der Waals surface area (Å²) in [5.41, 5.74) is 5.12. The van der Waals surface area contributed by atoms with Gasteiger partial charge in [-0.15, -0.1) is 0 Å². The van der Waals surface area contributed by atoms with Gasteiger partial charge in [-0.2, -0.15) is 0 Å². The highest BCUT2D eigenvalue weighted by atomic mass is 35.5. The van der Waals surface area contributed by atoms with Gasteiger partial charge in [0.2, 0.25) is 12.4 Å². The summed E-state index contributed by atoms with van der Waals surface area (Å²) >= 11 is 6.77. The minimum absolute atomic E-state index is 0.100. The van der Waals surface area contributed by atoms with Gasteiger partial charge >= 0.3 is 23.9 Å². The topological polar surface area (TPSA) is 169 Å². The molecule has 0 bridgehead atoms. The maximum absolute atomic E-state index is 13.9. The van der Waals surface area contributed by atoms with Crippen molar-refractivity contribution < 1.29 is 52.4 Å². The molecule has 6 rings (SSSR count). The fourth-order valence-electron chi connectivity index (χ4n) is 7.50. The number of nitrogens with zero attached hydrogens (tertiary/aromatic N) is 2. The van der Waals surface area contributed by atoms with E-state index in [9.17, 15) is 24.0 Å². The van der Waals surface area contributed by atoms with Crippen molar-refractivity contribution in [3.05, 3.63) is 82.6 Å². The molecular formula is C44H52ClN3O11. The van der Waals surface area contributed by atoms with Gasteiger partial charge in [0.25, 0.3) is 5.91 Å². The van der Waals surface area contributed by atoms with Crippen molar-refractivity contribution >= 4 is 41.4 Å². The quantitative estimate of drug-likeness (QED) is 0.122. The molecule has 316 valence electrons. The van der Waals surface area contributed by atoms with Crippen molar-refractivity contribution in [3.63, 3.8) is 0 Å². The van der Waals surface area contributed by atoms with E-state index in [1.807, 2.05) is 42.7 Å². The van der Waals surface area contributed by atoms with E-state index < -0.39 is 60.5 Å². The summed E-state index contributed by atoms with van der Waals surface area (Å²) in [6.07, 6.45) is 1.70. The number of halogens is 1. The van der Waals surface area contributed by atoms with Crippen molar-refractivity contribution in [2.45, 2.75) is 128 Å². The summed E-state index contributed by atoms with van der Waals surface area (Å²) in [5.74, 6) is -2.86. The van der Waals surface area contributed by atoms with Crippen LogP contribution in [0.1, 0.15) is 95.8 Å². The molecule has 1 aliphatic heterocycles. The Hall–Kier alpha value is -5.05. The fourth-order valence-corrected chi connectivity index (χ4v) is 7.68. The molecule has 0 spiro atoms. The van der Waals surface area contributed by atoms with E-state index in [1.54, 1.807) is 7.05 Å².